The lowest BCUT2D eigenvalue weighted by atomic mass is 10.0. The molecule has 0 heterocycles. The van der Waals surface area contributed by atoms with Gasteiger partial charge in [0.25, 0.3) is 0 Å². The van der Waals surface area contributed by atoms with E-state index in [1.165, 1.54) is 102 Å². The Morgan fingerprint density at radius 2 is 1.05 bits per heavy atom. The minimum atomic E-state index is 0.331. The molecule has 0 aliphatic rings. The predicted octanol–water partition coefficient (Wildman–Crippen LogP) is 7.69. The van der Waals surface area contributed by atoms with Gasteiger partial charge in [-0.15, -0.1) is 0 Å². The van der Waals surface area contributed by atoms with Crippen molar-refractivity contribution in [3.05, 3.63) is 5.75 Å². The van der Waals surface area contributed by atoms with E-state index in [0.29, 0.717) is 5.12 Å². The van der Waals surface area contributed by atoms with Crippen molar-refractivity contribution in [2.24, 2.45) is 0 Å². The highest BCUT2D eigenvalue weighted by molar-refractivity contribution is 8.15. The topological polar surface area (TPSA) is 17.1 Å². The van der Waals surface area contributed by atoms with Gasteiger partial charge in [0.2, 0.25) is 0 Å². The molecular weight excluding hydrogens is 288 g/mol. The molecule has 22 heavy (non-hydrogen) atoms. The second-order valence-electron chi connectivity index (χ2n) is 6.43. The van der Waals surface area contributed by atoms with Crippen LogP contribution in [0.4, 0.5) is 0 Å². The van der Waals surface area contributed by atoms with Crippen molar-refractivity contribution in [1.29, 1.82) is 0 Å². The Morgan fingerprint density at radius 1 is 0.682 bits per heavy atom. The number of thioether (sulfide) groups is 1. The van der Waals surface area contributed by atoms with Crippen LogP contribution in [-0.2, 0) is 4.79 Å². The minimum absolute atomic E-state index is 0.331. The molecule has 1 nitrogen and oxygen atoms in total. The average molecular weight is 328 g/mol. The molecule has 0 aliphatic heterocycles. The molecule has 0 unspecified atom stereocenters. The van der Waals surface area contributed by atoms with Gasteiger partial charge in [-0.2, -0.15) is 0 Å². The molecule has 1 radical (unpaired) electrons. The monoisotopic (exact) mass is 327 g/mol. The minimum Gasteiger partial charge on any atom is -0.287 e. The maximum Gasteiger partial charge on any atom is 0.189 e. The lowest BCUT2D eigenvalue weighted by molar-refractivity contribution is -0.111. The van der Waals surface area contributed by atoms with Crippen LogP contribution in [0.5, 0.6) is 0 Å². The molecule has 0 aromatic carbocycles. The standard InChI is InChI=1S/C20H39OS/c1-3-5-6-7-8-9-10-11-12-13-14-15-16-17-18-19-20(21)22-4-2/h4H,3,5-19H2,1-2H3. The van der Waals surface area contributed by atoms with Crippen LogP contribution in [-0.4, -0.2) is 5.12 Å². The number of hydrogen-bond acceptors (Lipinski definition) is 2. The molecule has 131 valence electrons. The average Bonchev–Trinajstić information content (AvgIpc) is 2.51. The highest BCUT2D eigenvalue weighted by Gasteiger charge is 2.00. The summed E-state index contributed by atoms with van der Waals surface area (Å²) >= 11 is 1.35. The van der Waals surface area contributed by atoms with E-state index >= 15 is 0 Å². The third-order valence-electron chi connectivity index (χ3n) is 4.23. The van der Waals surface area contributed by atoms with Crippen LogP contribution in [0, 0.1) is 5.75 Å². The highest BCUT2D eigenvalue weighted by atomic mass is 32.2. The lowest BCUT2D eigenvalue weighted by Gasteiger charge is -2.03. The van der Waals surface area contributed by atoms with Gasteiger partial charge in [0, 0.05) is 12.2 Å². The zero-order chi connectivity index (χ0) is 16.3. The summed E-state index contributed by atoms with van der Waals surface area (Å²) in [6.07, 6.45) is 21.4. The van der Waals surface area contributed by atoms with Crippen LogP contribution in [0.2, 0.25) is 0 Å². The van der Waals surface area contributed by atoms with Crippen molar-refractivity contribution < 1.29 is 4.79 Å². The van der Waals surface area contributed by atoms with Crippen LogP contribution in [0.3, 0.4) is 0 Å². The van der Waals surface area contributed by atoms with Gasteiger partial charge in [-0.05, 0) is 6.42 Å². The summed E-state index contributed by atoms with van der Waals surface area (Å²) in [4.78, 5) is 11.3. The fraction of sp³-hybridized carbons (Fsp3) is 0.900. The molecule has 2 heteroatoms. The SMILES string of the molecule is C[CH]SC(=O)CCCCCCCCCCCCCCCCC. The summed E-state index contributed by atoms with van der Waals surface area (Å²) in [6.45, 7) is 4.21. The van der Waals surface area contributed by atoms with Crippen molar-refractivity contribution >= 4 is 16.9 Å². The van der Waals surface area contributed by atoms with Gasteiger partial charge in [-0.1, -0.05) is 116 Å². The molecule has 0 saturated heterocycles. The van der Waals surface area contributed by atoms with E-state index in [4.69, 9.17) is 0 Å². The quantitative estimate of drug-likeness (QED) is 0.255. The van der Waals surface area contributed by atoms with Gasteiger partial charge in [0.15, 0.2) is 5.12 Å². The third kappa shape index (κ3) is 18.1. The zero-order valence-corrected chi connectivity index (χ0v) is 16.0. The van der Waals surface area contributed by atoms with Crippen LogP contribution in [0.1, 0.15) is 117 Å². The molecule has 0 atom stereocenters. The molecule has 0 rings (SSSR count). The van der Waals surface area contributed by atoms with Gasteiger partial charge in [0.05, 0.1) is 0 Å². The smallest absolute Gasteiger partial charge is 0.189 e. The Labute approximate surface area is 144 Å². The first kappa shape index (κ1) is 22.0. The maximum atomic E-state index is 11.3. The molecule has 0 aromatic heterocycles. The predicted molar refractivity (Wildman–Crippen MR) is 102 cm³/mol. The Kier molecular flexibility index (Phi) is 19.1. The van der Waals surface area contributed by atoms with Gasteiger partial charge in [-0.25, -0.2) is 0 Å². The molecule has 0 N–H and O–H groups in total. The summed E-state index contributed by atoms with van der Waals surface area (Å²) in [5, 5.41) is 0.331. The fourth-order valence-electron chi connectivity index (χ4n) is 2.83. The molecule has 0 bridgehead atoms. The number of carbonyl (C=O) groups is 1. The third-order valence-corrected chi connectivity index (χ3v) is 4.94. The fourth-order valence-corrected chi connectivity index (χ4v) is 3.36. The van der Waals surface area contributed by atoms with E-state index in [0.717, 1.165) is 12.8 Å². The van der Waals surface area contributed by atoms with E-state index < -0.39 is 0 Å². The Bertz CT molecular complexity index is 228. The largest absolute Gasteiger partial charge is 0.287 e. The summed E-state index contributed by atoms with van der Waals surface area (Å²) in [5.41, 5.74) is 0. The van der Waals surface area contributed by atoms with E-state index in [-0.39, 0.29) is 0 Å². The summed E-state index contributed by atoms with van der Waals surface area (Å²) in [5.74, 6) is 1.88. The molecule has 0 saturated carbocycles. The molecule has 0 spiro atoms. The van der Waals surface area contributed by atoms with Crippen LogP contribution >= 0.6 is 11.8 Å². The van der Waals surface area contributed by atoms with Crippen LogP contribution in [0.15, 0.2) is 0 Å². The van der Waals surface area contributed by atoms with Gasteiger partial charge in [-0.3, -0.25) is 4.79 Å². The number of hydrogen-bond donors (Lipinski definition) is 0. The number of carbonyl (C=O) groups excluding carboxylic acids is 1. The van der Waals surface area contributed by atoms with E-state index in [1.54, 1.807) is 0 Å². The number of unbranched alkanes of at least 4 members (excludes halogenated alkanes) is 14. The van der Waals surface area contributed by atoms with Crippen molar-refractivity contribution in [1.82, 2.24) is 0 Å². The van der Waals surface area contributed by atoms with E-state index in [2.05, 4.69) is 6.92 Å². The van der Waals surface area contributed by atoms with Gasteiger partial charge in [0.1, 0.15) is 0 Å². The first-order chi connectivity index (χ1) is 10.8. The molecular formula is C20H39OS. The Morgan fingerprint density at radius 3 is 1.41 bits per heavy atom. The van der Waals surface area contributed by atoms with Crippen molar-refractivity contribution in [2.45, 2.75) is 117 Å². The second kappa shape index (κ2) is 19.1. The first-order valence-electron chi connectivity index (χ1n) is 9.78. The maximum absolute atomic E-state index is 11.3. The van der Waals surface area contributed by atoms with Crippen molar-refractivity contribution in [3.8, 4) is 0 Å². The molecule has 0 aromatic rings. The molecule has 0 amide bonds. The summed E-state index contributed by atoms with van der Waals surface area (Å²) in [6, 6.07) is 0. The highest BCUT2D eigenvalue weighted by Crippen LogP contribution is 2.15. The van der Waals surface area contributed by atoms with Crippen LogP contribution in [0.25, 0.3) is 0 Å². The molecule has 0 aliphatic carbocycles. The number of rotatable bonds is 17. The van der Waals surface area contributed by atoms with Gasteiger partial charge < -0.3 is 0 Å². The van der Waals surface area contributed by atoms with Crippen molar-refractivity contribution in [3.63, 3.8) is 0 Å². The summed E-state index contributed by atoms with van der Waals surface area (Å²) < 4.78 is 0. The second-order valence-corrected chi connectivity index (χ2v) is 7.59. The normalized spacial score (nSPS) is 11.0. The van der Waals surface area contributed by atoms with E-state index in [9.17, 15) is 4.79 Å². The lowest BCUT2D eigenvalue weighted by Crippen LogP contribution is -1.90. The van der Waals surface area contributed by atoms with Gasteiger partial charge >= 0.3 is 0 Å². The van der Waals surface area contributed by atoms with Crippen LogP contribution < -0.4 is 0 Å². The Balaban J connectivity index is 3.01. The van der Waals surface area contributed by atoms with E-state index in [1.807, 2.05) is 12.7 Å². The zero-order valence-electron chi connectivity index (χ0n) is 15.2. The summed E-state index contributed by atoms with van der Waals surface area (Å²) in [7, 11) is 0. The Hall–Kier alpha value is 0.0200. The first-order valence-corrected chi connectivity index (χ1v) is 10.7. The molecule has 0 fully saturated rings. The van der Waals surface area contributed by atoms with Crippen molar-refractivity contribution in [2.75, 3.05) is 0 Å².